The molecule has 1 unspecified atom stereocenters. The van der Waals surface area contributed by atoms with E-state index in [1.165, 1.54) is 12.3 Å². The summed E-state index contributed by atoms with van der Waals surface area (Å²) >= 11 is 1.56. The molecule has 1 saturated heterocycles. The summed E-state index contributed by atoms with van der Waals surface area (Å²) in [6.45, 7) is 0.831. The maximum atomic E-state index is 11.9. The minimum atomic E-state index is -3.04. The molecule has 6 heteroatoms. The molecule has 1 aromatic rings. The number of amides is 1. The van der Waals surface area contributed by atoms with Crippen molar-refractivity contribution in [2.24, 2.45) is 0 Å². The molecule has 0 saturated carbocycles. The molecule has 1 atom stereocenters. The smallest absolute Gasteiger partial charge is 0.246 e. The van der Waals surface area contributed by atoms with Crippen molar-refractivity contribution >= 4 is 33.2 Å². The molecule has 0 aliphatic carbocycles. The van der Waals surface area contributed by atoms with Gasteiger partial charge in [0, 0.05) is 30.3 Å². The number of hydrogen-bond acceptors (Lipinski definition) is 4. The van der Waals surface area contributed by atoms with Crippen molar-refractivity contribution in [2.75, 3.05) is 19.3 Å². The highest BCUT2D eigenvalue weighted by molar-refractivity contribution is 7.91. The van der Waals surface area contributed by atoms with E-state index in [1.807, 2.05) is 17.5 Å². The summed E-state index contributed by atoms with van der Waals surface area (Å²) in [5, 5.41) is 1.54. The number of sulfone groups is 1. The molecule has 1 aromatic heterocycles. The minimum absolute atomic E-state index is 0.116. The first-order chi connectivity index (χ1) is 8.47. The van der Waals surface area contributed by atoms with Crippen LogP contribution in [0.1, 0.15) is 11.3 Å². The molecule has 0 radical (unpaired) electrons. The maximum Gasteiger partial charge on any atom is 0.246 e. The molecule has 0 bridgehead atoms. The first kappa shape index (κ1) is 13.3. The number of carbonyl (C=O) groups excluding carboxylic acids is 1. The van der Waals surface area contributed by atoms with Gasteiger partial charge in [-0.05, 0) is 23.9 Å². The molecule has 0 aromatic carbocycles. The Bertz CT molecular complexity index is 546. The Hall–Kier alpha value is -1.14. The highest BCUT2D eigenvalue weighted by Crippen LogP contribution is 2.17. The van der Waals surface area contributed by atoms with Crippen molar-refractivity contribution in [3.63, 3.8) is 0 Å². The van der Waals surface area contributed by atoms with E-state index in [0.29, 0.717) is 19.5 Å². The van der Waals surface area contributed by atoms with Crippen molar-refractivity contribution in [3.8, 4) is 0 Å². The van der Waals surface area contributed by atoms with Crippen LogP contribution in [0.5, 0.6) is 0 Å². The van der Waals surface area contributed by atoms with Crippen molar-refractivity contribution in [2.45, 2.75) is 11.7 Å². The van der Waals surface area contributed by atoms with E-state index in [-0.39, 0.29) is 5.91 Å². The van der Waals surface area contributed by atoms with E-state index in [1.54, 1.807) is 22.3 Å². The second kappa shape index (κ2) is 5.24. The Morgan fingerprint density at radius 1 is 1.56 bits per heavy atom. The number of nitrogens with zero attached hydrogens (tertiary/aromatic N) is 1. The van der Waals surface area contributed by atoms with Crippen LogP contribution in [0.25, 0.3) is 6.08 Å². The lowest BCUT2D eigenvalue weighted by molar-refractivity contribution is -0.124. The molecule has 1 amide bonds. The third-order valence-electron chi connectivity index (χ3n) is 3.00. The quantitative estimate of drug-likeness (QED) is 0.789. The number of hydrogen-bond donors (Lipinski definition) is 0. The van der Waals surface area contributed by atoms with Crippen LogP contribution in [0.4, 0.5) is 0 Å². The van der Waals surface area contributed by atoms with Gasteiger partial charge in [0.05, 0.1) is 5.25 Å². The molecule has 0 N–H and O–H groups in total. The van der Waals surface area contributed by atoms with Gasteiger partial charge in [0.15, 0.2) is 9.84 Å². The van der Waals surface area contributed by atoms with Crippen molar-refractivity contribution < 1.29 is 13.2 Å². The van der Waals surface area contributed by atoms with Gasteiger partial charge < -0.3 is 4.90 Å². The normalized spacial score (nSPS) is 20.7. The summed E-state index contributed by atoms with van der Waals surface area (Å²) < 4.78 is 22.8. The van der Waals surface area contributed by atoms with Gasteiger partial charge in [0.1, 0.15) is 0 Å². The van der Waals surface area contributed by atoms with Crippen molar-refractivity contribution in [1.82, 2.24) is 4.90 Å². The van der Waals surface area contributed by atoms with E-state index < -0.39 is 15.1 Å². The zero-order valence-corrected chi connectivity index (χ0v) is 11.7. The Labute approximate surface area is 111 Å². The number of rotatable bonds is 3. The molecule has 2 rings (SSSR count). The van der Waals surface area contributed by atoms with Gasteiger partial charge in [-0.2, -0.15) is 0 Å². The largest absolute Gasteiger partial charge is 0.338 e. The van der Waals surface area contributed by atoms with E-state index in [9.17, 15) is 13.2 Å². The fourth-order valence-corrected chi connectivity index (χ4v) is 3.53. The molecular formula is C12H15NO3S2. The Kier molecular flexibility index (Phi) is 3.87. The van der Waals surface area contributed by atoms with Gasteiger partial charge in [-0.15, -0.1) is 11.3 Å². The zero-order chi connectivity index (χ0) is 13.2. The monoisotopic (exact) mass is 285 g/mol. The molecule has 2 heterocycles. The zero-order valence-electron chi connectivity index (χ0n) is 10.1. The topological polar surface area (TPSA) is 54.5 Å². The van der Waals surface area contributed by atoms with E-state index in [4.69, 9.17) is 0 Å². The number of likely N-dealkylation sites (tertiary alicyclic amines) is 1. The van der Waals surface area contributed by atoms with Gasteiger partial charge in [-0.1, -0.05) is 6.07 Å². The lowest BCUT2D eigenvalue weighted by Gasteiger charge is -2.13. The summed E-state index contributed by atoms with van der Waals surface area (Å²) in [5.74, 6) is -0.116. The number of carbonyl (C=O) groups is 1. The highest BCUT2D eigenvalue weighted by Gasteiger charge is 2.31. The van der Waals surface area contributed by atoms with Gasteiger partial charge >= 0.3 is 0 Å². The third kappa shape index (κ3) is 3.20. The average Bonchev–Trinajstić information content (AvgIpc) is 2.96. The van der Waals surface area contributed by atoms with E-state index in [0.717, 1.165) is 4.88 Å². The van der Waals surface area contributed by atoms with Gasteiger partial charge in [-0.25, -0.2) is 8.42 Å². The molecule has 1 fully saturated rings. The SMILES string of the molecule is CS(=O)(=O)C1CCN(C(=O)C=Cc2cccs2)C1. The summed E-state index contributed by atoms with van der Waals surface area (Å²) in [4.78, 5) is 14.5. The summed E-state index contributed by atoms with van der Waals surface area (Å²) in [6, 6.07) is 3.85. The highest BCUT2D eigenvalue weighted by atomic mass is 32.2. The lowest BCUT2D eigenvalue weighted by Crippen LogP contribution is -2.30. The first-order valence-corrected chi connectivity index (χ1v) is 8.49. The van der Waals surface area contributed by atoms with Gasteiger partial charge in [-0.3, -0.25) is 4.79 Å². The first-order valence-electron chi connectivity index (χ1n) is 5.66. The van der Waals surface area contributed by atoms with Crippen LogP contribution in [0.2, 0.25) is 0 Å². The Balaban J connectivity index is 1.96. The van der Waals surface area contributed by atoms with Crippen LogP contribution < -0.4 is 0 Å². The Morgan fingerprint density at radius 3 is 2.89 bits per heavy atom. The van der Waals surface area contributed by atoms with Gasteiger partial charge in [0.25, 0.3) is 0 Å². The van der Waals surface area contributed by atoms with Crippen LogP contribution >= 0.6 is 11.3 Å². The molecule has 18 heavy (non-hydrogen) atoms. The Morgan fingerprint density at radius 2 is 2.33 bits per heavy atom. The minimum Gasteiger partial charge on any atom is -0.338 e. The molecule has 4 nitrogen and oxygen atoms in total. The summed E-state index contributed by atoms with van der Waals surface area (Å²) in [7, 11) is -3.04. The predicted octanol–water partition coefficient (Wildman–Crippen LogP) is 1.41. The van der Waals surface area contributed by atoms with E-state index >= 15 is 0 Å². The molecule has 0 spiro atoms. The molecule has 1 aliphatic heterocycles. The van der Waals surface area contributed by atoms with Crippen molar-refractivity contribution in [1.29, 1.82) is 0 Å². The molecule has 1 aliphatic rings. The summed E-state index contributed by atoms with van der Waals surface area (Å²) in [6.07, 6.45) is 5.04. The van der Waals surface area contributed by atoms with Gasteiger partial charge in [0.2, 0.25) is 5.91 Å². The van der Waals surface area contributed by atoms with Crippen LogP contribution in [0, 0.1) is 0 Å². The van der Waals surface area contributed by atoms with Crippen molar-refractivity contribution in [3.05, 3.63) is 28.5 Å². The molecule has 98 valence electrons. The molecular weight excluding hydrogens is 270 g/mol. The van der Waals surface area contributed by atoms with E-state index in [2.05, 4.69) is 0 Å². The lowest BCUT2D eigenvalue weighted by atomic mass is 10.4. The van der Waals surface area contributed by atoms with Crippen LogP contribution in [-0.4, -0.2) is 43.8 Å². The summed E-state index contributed by atoms with van der Waals surface area (Å²) in [5.41, 5.74) is 0. The fraction of sp³-hybridized carbons (Fsp3) is 0.417. The second-order valence-electron chi connectivity index (χ2n) is 4.37. The van der Waals surface area contributed by atoms with Crippen LogP contribution in [0.3, 0.4) is 0 Å². The third-order valence-corrected chi connectivity index (χ3v) is 5.43. The predicted molar refractivity (Wildman–Crippen MR) is 73.2 cm³/mol. The van der Waals surface area contributed by atoms with Crippen LogP contribution in [0.15, 0.2) is 23.6 Å². The second-order valence-corrected chi connectivity index (χ2v) is 7.68. The average molecular weight is 285 g/mol. The fourth-order valence-electron chi connectivity index (χ4n) is 1.92. The number of thiophene rings is 1. The van der Waals surface area contributed by atoms with Crippen LogP contribution in [-0.2, 0) is 14.6 Å². The standard InChI is InChI=1S/C12H15NO3S2/c1-18(15,16)11-6-7-13(9-11)12(14)5-4-10-3-2-8-17-10/h2-5,8,11H,6-7,9H2,1H3. The maximum absolute atomic E-state index is 11.9.